The number of aromatic nitrogens is 2. The molecule has 1 aliphatic heterocycles. The number of piperazine rings is 1. The Bertz CT molecular complexity index is 1090. The van der Waals surface area contributed by atoms with E-state index in [0.717, 1.165) is 55.7 Å². The van der Waals surface area contributed by atoms with Gasteiger partial charge < -0.3 is 14.5 Å². The Morgan fingerprint density at radius 1 is 0.933 bits per heavy atom. The topological polar surface area (TPSA) is 42.7 Å². The second-order valence-electron chi connectivity index (χ2n) is 7.54. The number of fused-ring (bicyclic) bond motifs is 1. The predicted octanol–water partition coefficient (Wildman–Crippen LogP) is 3.14. The first kappa shape index (κ1) is 19.0. The van der Waals surface area contributed by atoms with Crippen LogP contribution < -0.4 is 14.5 Å². The second-order valence-corrected chi connectivity index (χ2v) is 8.40. The molecule has 5 rings (SSSR count). The van der Waals surface area contributed by atoms with Gasteiger partial charge in [-0.2, -0.15) is 0 Å². The van der Waals surface area contributed by atoms with E-state index in [1.807, 2.05) is 30.3 Å². The summed E-state index contributed by atoms with van der Waals surface area (Å²) in [6.45, 7) is 5.95. The Labute approximate surface area is 180 Å². The monoisotopic (exact) mass is 417 g/mol. The summed E-state index contributed by atoms with van der Waals surface area (Å²) in [6.07, 6.45) is 1.70. The molecule has 1 aliphatic rings. The molecule has 0 radical (unpaired) electrons. The maximum atomic E-state index is 5.88. The molecule has 152 valence electrons. The molecule has 2 aromatic carbocycles. The molecular weight excluding hydrogens is 392 g/mol. The SMILES string of the molecule is c1ccc(OCC[NH+]2CCN(c3ncnc4scc(-c5ccccc5)c34)CC2)cc1. The van der Waals surface area contributed by atoms with Gasteiger partial charge in [0, 0.05) is 10.9 Å². The van der Waals surface area contributed by atoms with Crippen molar-refractivity contribution in [3.63, 3.8) is 0 Å². The molecule has 0 amide bonds. The fourth-order valence-electron chi connectivity index (χ4n) is 4.04. The molecule has 0 spiro atoms. The van der Waals surface area contributed by atoms with E-state index in [-0.39, 0.29) is 0 Å². The lowest BCUT2D eigenvalue weighted by Gasteiger charge is -2.33. The molecule has 2 aromatic heterocycles. The minimum atomic E-state index is 0.750. The molecule has 1 N–H and O–H groups in total. The number of para-hydroxylation sites is 1. The van der Waals surface area contributed by atoms with Crippen molar-refractivity contribution in [1.82, 2.24) is 9.97 Å². The molecule has 6 heteroatoms. The minimum absolute atomic E-state index is 0.750. The van der Waals surface area contributed by atoms with Crippen LogP contribution in [0.3, 0.4) is 0 Å². The van der Waals surface area contributed by atoms with Gasteiger partial charge in [-0.1, -0.05) is 48.5 Å². The first-order valence-electron chi connectivity index (χ1n) is 10.4. The maximum Gasteiger partial charge on any atom is 0.141 e. The Morgan fingerprint density at radius 3 is 2.43 bits per heavy atom. The van der Waals surface area contributed by atoms with Crippen molar-refractivity contribution >= 4 is 27.4 Å². The lowest BCUT2D eigenvalue weighted by Crippen LogP contribution is -3.15. The van der Waals surface area contributed by atoms with Gasteiger partial charge in [-0.3, -0.25) is 0 Å². The molecule has 4 aromatic rings. The number of benzene rings is 2. The summed E-state index contributed by atoms with van der Waals surface area (Å²) in [5, 5.41) is 3.39. The van der Waals surface area contributed by atoms with Crippen LogP contribution in [0.25, 0.3) is 21.3 Å². The Balaban J connectivity index is 1.27. The highest BCUT2D eigenvalue weighted by atomic mass is 32.1. The van der Waals surface area contributed by atoms with Gasteiger partial charge in [0.15, 0.2) is 0 Å². The zero-order valence-corrected chi connectivity index (χ0v) is 17.6. The minimum Gasteiger partial charge on any atom is -0.488 e. The summed E-state index contributed by atoms with van der Waals surface area (Å²) in [7, 11) is 0. The third-order valence-corrected chi connectivity index (χ3v) is 6.56. The molecule has 30 heavy (non-hydrogen) atoms. The van der Waals surface area contributed by atoms with Crippen molar-refractivity contribution in [3.8, 4) is 16.9 Å². The molecule has 1 fully saturated rings. The standard InChI is InChI=1S/C24H24N4OS/c1-3-7-19(8-4-1)21-17-30-24-22(21)23(25-18-26-24)28-13-11-27(12-14-28)15-16-29-20-9-5-2-6-10-20/h1-10,17-18H,11-16H2/p+1. The van der Waals surface area contributed by atoms with Gasteiger partial charge in [0.25, 0.3) is 0 Å². The van der Waals surface area contributed by atoms with E-state index in [9.17, 15) is 0 Å². The van der Waals surface area contributed by atoms with Crippen LogP contribution in [-0.2, 0) is 0 Å². The van der Waals surface area contributed by atoms with Gasteiger partial charge in [0.05, 0.1) is 31.6 Å². The molecule has 1 saturated heterocycles. The van der Waals surface area contributed by atoms with Gasteiger partial charge in [-0.25, -0.2) is 9.97 Å². The van der Waals surface area contributed by atoms with Crippen LogP contribution >= 0.6 is 11.3 Å². The highest BCUT2D eigenvalue weighted by molar-refractivity contribution is 7.17. The Hall–Kier alpha value is -2.96. The highest BCUT2D eigenvalue weighted by Crippen LogP contribution is 2.37. The average molecular weight is 418 g/mol. The number of hydrogen-bond acceptors (Lipinski definition) is 5. The van der Waals surface area contributed by atoms with Gasteiger partial charge >= 0.3 is 0 Å². The predicted molar refractivity (Wildman–Crippen MR) is 123 cm³/mol. The van der Waals surface area contributed by atoms with Gasteiger partial charge in [-0.15, -0.1) is 11.3 Å². The van der Waals surface area contributed by atoms with E-state index in [0.29, 0.717) is 0 Å². The summed E-state index contributed by atoms with van der Waals surface area (Å²) in [5.74, 6) is 2.02. The molecule has 3 heterocycles. The zero-order valence-electron chi connectivity index (χ0n) is 16.8. The lowest BCUT2D eigenvalue weighted by molar-refractivity contribution is -0.900. The average Bonchev–Trinajstić information content (AvgIpc) is 3.25. The highest BCUT2D eigenvalue weighted by Gasteiger charge is 2.24. The van der Waals surface area contributed by atoms with Crippen LogP contribution in [0.5, 0.6) is 5.75 Å². The van der Waals surface area contributed by atoms with E-state index < -0.39 is 0 Å². The maximum absolute atomic E-state index is 5.88. The summed E-state index contributed by atoms with van der Waals surface area (Å²) in [5.41, 5.74) is 2.46. The first-order valence-corrected chi connectivity index (χ1v) is 11.3. The van der Waals surface area contributed by atoms with Crippen LogP contribution in [0, 0.1) is 0 Å². The lowest BCUT2D eigenvalue weighted by atomic mass is 10.1. The molecule has 0 aliphatic carbocycles. The van der Waals surface area contributed by atoms with Crippen molar-refractivity contribution in [2.24, 2.45) is 0 Å². The van der Waals surface area contributed by atoms with Crippen LogP contribution in [0.2, 0.25) is 0 Å². The van der Waals surface area contributed by atoms with E-state index in [1.165, 1.54) is 16.5 Å². The third kappa shape index (κ3) is 4.01. The molecule has 5 nitrogen and oxygen atoms in total. The van der Waals surface area contributed by atoms with Crippen molar-refractivity contribution in [1.29, 1.82) is 0 Å². The van der Waals surface area contributed by atoms with Gasteiger partial charge in [0.1, 0.15) is 35.9 Å². The molecule has 0 saturated carbocycles. The second kappa shape index (κ2) is 8.81. The van der Waals surface area contributed by atoms with E-state index in [4.69, 9.17) is 9.72 Å². The third-order valence-electron chi connectivity index (χ3n) is 5.67. The van der Waals surface area contributed by atoms with Crippen LogP contribution in [-0.4, -0.2) is 49.3 Å². The summed E-state index contributed by atoms with van der Waals surface area (Å²) >= 11 is 1.70. The van der Waals surface area contributed by atoms with E-state index >= 15 is 0 Å². The normalized spacial score (nSPS) is 14.9. The number of quaternary nitrogens is 1. The number of anilines is 1. The fraction of sp³-hybridized carbons (Fsp3) is 0.250. The largest absolute Gasteiger partial charge is 0.488 e. The van der Waals surface area contributed by atoms with Gasteiger partial charge in [-0.05, 0) is 17.7 Å². The molecule has 0 unspecified atom stereocenters. The summed E-state index contributed by atoms with van der Waals surface area (Å²) in [6, 6.07) is 20.6. The number of ether oxygens (including phenoxy) is 1. The Kier molecular flexibility index (Phi) is 5.59. The van der Waals surface area contributed by atoms with Crippen molar-refractivity contribution in [3.05, 3.63) is 72.4 Å². The van der Waals surface area contributed by atoms with Gasteiger partial charge in [0.2, 0.25) is 0 Å². The smallest absolute Gasteiger partial charge is 0.141 e. The Morgan fingerprint density at radius 2 is 1.67 bits per heavy atom. The summed E-state index contributed by atoms with van der Waals surface area (Å²) < 4.78 is 5.88. The molecule has 0 bridgehead atoms. The zero-order chi connectivity index (χ0) is 20.2. The number of nitrogens with one attached hydrogen (secondary N) is 1. The molecule has 0 atom stereocenters. The molecular formula is C24H25N4OS+. The number of rotatable bonds is 6. The van der Waals surface area contributed by atoms with Crippen LogP contribution in [0.1, 0.15) is 0 Å². The van der Waals surface area contributed by atoms with Crippen molar-refractivity contribution in [2.45, 2.75) is 0 Å². The van der Waals surface area contributed by atoms with Crippen LogP contribution in [0.4, 0.5) is 5.82 Å². The first-order chi connectivity index (χ1) is 14.9. The van der Waals surface area contributed by atoms with Crippen molar-refractivity contribution in [2.75, 3.05) is 44.2 Å². The number of hydrogen-bond donors (Lipinski definition) is 1. The summed E-state index contributed by atoms with van der Waals surface area (Å²) in [4.78, 5) is 14.3. The van der Waals surface area contributed by atoms with Crippen LogP contribution in [0.15, 0.2) is 72.4 Å². The fourth-order valence-corrected chi connectivity index (χ4v) is 4.95. The van der Waals surface area contributed by atoms with Crippen molar-refractivity contribution < 1.29 is 9.64 Å². The number of nitrogens with zero attached hydrogens (tertiary/aromatic N) is 3. The quantitative estimate of drug-likeness (QED) is 0.523. The number of thiophene rings is 1. The van der Waals surface area contributed by atoms with E-state index in [2.05, 4.69) is 45.6 Å². The van der Waals surface area contributed by atoms with E-state index in [1.54, 1.807) is 22.6 Å².